The molecule has 0 amide bonds. The average Bonchev–Trinajstić information content (AvgIpc) is 2.66. The van der Waals surface area contributed by atoms with Crippen LogP contribution in [0.25, 0.3) is 10.9 Å². The molecule has 2 aromatic carbocycles. The van der Waals surface area contributed by atoms with Crippen molar-refractivity contribution in [1.29, 1.82) is 0 Å². The van der Waals surface area contributed by atoms with Crippen LogP contribution in [0.3, 0.4) is 0 Å². The Morgan fingerprint density at radius 3 is 2.64 bits per heavy atom. The van der Waals surface area contributed by atoms with Crippen LogP contribution in [-0.4, -0.2) is 23.4 Å². The van der Waals surface area contributed by atoms with Crippen LogP contribution in [-0.2, 0) is 16.5 Å². The van der Waals surface area contributed by atoms with Crippen molar-refractivity contribution >= 4 is 26.5 Å². The molecule has 1 aromatic heterocycles. The monoisotopic (exact) mass is 356 g/mol. The van der Waals surface area contributed by atoms with Gasteiger partial charge in [0, 0.05) is 36.9 Å². The van der Waals surface area contributed by atoms with Gasteiger partial charge >= 0.3 is 0 Å². The first-order valence-corrected chi connectivity index (χ1v) is 9.30. The van der Waals surface area contributed by atoms with E-state index in [1.807, 2.05) is 36.4 Å². The van der Waals surface area contributed by atoms with Gasteiger partial charge in [-0.1, -0.05) is 12.1 Å². The minimum atomic E-state index is -2.78. The van der Waals surface area contributed by atoms with Crippen molar-refractivity contribution in [3.8, 4) is 5.75 Å². The van der Waals surface area contributed by atoms with E-state index in [0.717, 1.165) is 27.9 Å². The number of benzene rings is 2. The molecule has 0 aliphatic rings. The third kappa shape index (κ3) is 3.72. The number of methoxy groups -OCH3 is 1. The zero-order valence-corrected chi connectivity index (χ0v) is 14.9. The van der Waals surface area contributed by atoms with Gasteiger partial charge in [0.05, 0.1) is 17.5 Å². The molecule has 3 rings (SSSR count). The highest BCUT2D eigenvalue weighted by molar-refractivity contribution is 7.91. The molecule has 0 bridgehead atoms. The predicted molar refractivity (Wildman–Crippen MR) is 101 cm³/mol. The lowest BCUT2D eigenvalue weighted by molar-refractivity contribution is 0.415. The number of aromatic nitrogens is 1. The molecule has 1 unspecified atom stereocenters. The van der Waals surface area contributed by atoms with E-state index < -0.39 is 9.92 Å². The molecule has 1 atom stereocenters. The summed E-state index contributed by atoms with van der Waals surface area (Å²) in [5.74, 6) is 0.777. The number of rotatable bonds is 5. The van der Waals surface area contributed by atoms with E-state index in [1.165, 1.54) is 7.05 Å². The van der Waals surface area contributed by atoms with Crippen LogP contribution in [0.1, 0.15) is 5.56 Å². The molecule has 3 aromatic rings. The Balaban J connectivity index is 1.80. The Kier molecular flexibility index (Phi) is 4.87. The maximum atomic E-state index is 12.0. The minimum Gasteiger partial charge on any atom is -0.497 e. The highest BCUT2D eigenvalue weighted by Crippen LogP contribution is 2.25. The smallest absolute Gasteiger partial charge is 0.134 e. The third-order valence-electron chi connectivity index (χ3n) is 3.97. The summed E-state index contributed by atoms with van der Waals surface area (Å²) in [6.07, 6.45) is 1.76. The number of anilines is 1. The summed E-state index contributed by atoms with van der Waals surface area (Å²) in [4.78, 5) is 4.91. The number of nitrogens with zero attached hydrogens (tertiary/aromatic N) is 2. The topological polar surface area (TPSA) is 89.6 Å². The molecular weight excluding hydrogens is 336 g/mol. The molecule has 6 nitrogen and oxygen atoms in total. The van der Waals surface area contributed by atoms with E-state index in [1.54, 1.807) is 25.4 Å². The second-order valence-electron chi connectivity index (χ2n) is 5.49. The van der Waals surface area contributed by atoms with Crippen molar-refractivity contribution in [2.75, 3.05) is 19.5 Å². The molecule has 0 aliphatic carbocycles. The summed E-state index contributed by atoms with van der Waals surface area (Å²) in [5, 5.41) is 10.1. The summed E-state index contributed by atoms with van der Waals surface area (Å²) in [6.45, 7) is 0.625. The van der Waals surface area contributed by atoms with Crippen LogP contribution in [0, 0.1) is 0 Å². The SMILES string of the molecule is CN=S(N)(=O)c1ccc(CNc2ccnc3cc(OC)ccc23)cc1. The van der Waals surface area contributed by atoms with Crippen LogP contribution < -0.4 is 15.2 Å². The molecule has 0 radical (unpaired) electrons. The van der Waals surface area contributed by atoms with E-state index in [4.69, 9.17) is 9.88 Å². The zero-order valence-electron chi connectivity index (χ0n) is 14.1. The Hall–Kier alpha value is -2.64. The molecule has 0 saturated carbocycles. The number of hydrogen-bond acceptors (Lipinski definition) is 5. The molecule has 0 fully saturated rings. The maximum absolute atomic E-state index is 12.0. The normalized spacial score (nSPS) is 13.2. The summed E-state index contributed by atoms with van der Waals surface area (Å²) in [6, 6.07) is 15.0. The molecule has 1 heterocycles. The average molecular weight is 356 g/mol. The van der Waals surface area contributed by atoms with Gasteiger partial charge < -0.3 is 10.1 Å². The van der Waals surface area contributed by atoms with Gasteiger partial charge in [-0.2, -0.15) is 0 Å². The number of fused-ring (bicyclic) bond motifs is 1. The first-order chi connectivity index (χ1) is 12.0. The van der Waals surface area contributed by atoms with Gasteiger partial charge in [0.1, 0.15) is 15.7 Å². The Bertz CT molecular complexity index is 1010. The van der Waals surface area contributed by atoms with Gasteiger partial charge in [0.2, 0.25) is 0 Å². The summed E-state index contributed by atoms with van der Waals surface area (Å²) >= 11 is 0. The van der Waals surface area contributed by atoms with Crippen molar-refractivity contribution in [2.24, 2.45) is 9.50 Å². The lowest BCUT2D eigenvalue weighted by Crippen LogP contribution is -2.12. The Labute approximate surface area is 147 Å². The second-order valence-corrected chi connectivity index (χ2v) is 7.46. The fourth-order valence-corrected chi connectivity index (χ4v) is 3.25. The number of pyridine rings is 1. The third-order valence-corrected chi connectivity index (χ3v) is 5.46. The Morgan fingerprint density at radius 2 is 1.96 bits per heavy atom. The Morgan fingerprint density at radius 1 is 1.20 bits per heavy atom. The molecule has 0 aliphatic heterocycles. The van der Waals surface area contributed by atoms with Crippen LogP contribution in [0.2, 0.25) is 0 Å². The quantitative estimate of drug-likeness (QED) is 0.735. The predicted octanol–water partition coefficient (Wildman–Crippen LogP) is 3.19. The number of ether oxygens (including phenoxy) is 1. The minimum absolute atomic E-state index is 0.528. The second kappa shape index (κ2) is 7.08. The molecule has 7 heteroatoms. The molecule has 25 heavy (non-hydrogen) atoms. The van der Waals surface area contributed by atoms with Gasteiger partial charge in [-0.15, -0.1) is 0 Å². The van der Waals surface area contributed by atoms with Crippen molar-refractivity contribution < 1.29 is 8.95 Å². The van der Waals surface area contributed by atoms with E-state index in [-0.39, 0.29) is 0 Å². The van der Waals surface area contributed by atoms with Gasteiger partial charge in [-0.3, -0.25) is 4.98 Å². The van der Waals surface area contributed by atoms with E-state index in [2.05, 4.69) is 14.7 Å². The molecule has 0 spiro atoms. The van der Waals surface area contributed by atoms with Gasteiger partial charge in [-0.05, 0) is 35.9 Å². The first kappa shape index (κ1) is 17.2. The summed E-state index contributed by atoms with van der Waals surface area (Å²) in [7, 11) is 0.314. The van der Waals surface area contributed by atoms with E-state index >= 15 is 0 Å². The van der Waals surface area contributed by atoms with Crippen molar-refractivity contribution in [3.63, 3.8) is 0 Å². The standard InChI is InChI=1S/C18H20N4O2S/c1-20-25(19,23)15-6-3-13(4-7-15)12-22-17-9-10-21-18-11-14(24-2)5-8-16(17)18/h3-11H,12H2,1-2H3,(H,21,22)(H2,19,20,23). The number of hydrogen-bond donors (Lipinski definition) is 2. The van der Waals surface area contributed by atoms with Crippen molar-refractivity contribution in [2.45, 2.75) is 11.4 Å². The van der Waals surface area contributed by atoms with Crippen molar-refractivity contribution in [1.82, 2.24) is 4.98 Å². The largest absolute Gasteiger partial charge is 0.497 e. The summed E-state index contributed by atoms with van der Waals surface area (Å²) in [5.41, 5.74) is 2.91. The lowest BCUT2D eigenvalue weighted by atomic mass is 10.1. The lowest BCUT2D eigenvalue weighted by Gasteiger charge is -2.11. The highest BCUT2D eigenvalue weighted by Gasteiger charge is 2.06. The fraction of sp³-hybridized carbons (Fsp3) is 0.167. The molecular formula is C18H20N4O2S. The van der Waals surface area contributed by atoms with Crippen molar-refractivity contribution in [3.05, 3.63) is 60.3 Å². The first-order valence-electron chi connectivity index (χ1n) is 7.72. The van der Waals surface area contributed by atoms with Gasteiger partial charge in [-0.25, -0.2) is 13.7 Å². The maximum Gasteiger partial charge on any atom is 0.134 e. The van der Waals surface area contributed by atoms with E-state index in [0.29, 0.717) is 11.4 Å². The van der Waals surface area contributed by atoms with Crippen LogP contribution in [0.4, 0.5) is 5.69 Å². The molecule has 3 N–H and O–H groups in total. The molecule has 130 valence electrons. The van der Waals surface area contributed by atoms with Gasteiger partial charge in [0.15, 0.2) is 0 Å². The molecule has 0 saturated heterocycles. The van der Waals surface area contributed by atoms with Crippen LogP contribution >= 0.6 is 0 Å². The number of nitrogens with two attached hydrogens (primary N) is 1. The number of nitrogens with one attached hydrogen (secondary N) is 1. The summed E-state index contributed by atoms with van der Waals surface area (Å²) < 4.78 is 21.0. The fourth-order valence-electron chi connectivity index (χ4n) is 2.51. The van der Waals surface area contributed by atoms with E-state index in [9.17, 15) is 4.21 Å². The van der Waals surface area contributed by atoms with Crippen LogP contribution in [0.5, 0.6) is 5.75 Å². The zero-order chi connectivity index (χ0) is 17.9. The van der Waals surface area contributed by atoms with Gasteiger partial charge in [0.25, 0.3) is 0 Å². The van der Waals surface area contributed by atoms with Crippen LogP contribution in [0.15, 0.2) is 64.0 Å². The highest BCUT2D eigenvalue weighted by atomic mass is 32.2.